The van der Waals surface area contributed by atoms with E-state index in [-0.39, 0.29) is 0 Å². The topological polar surface area (TPSA) is 63.8 Å². The van der Waals surface area contributed by atoms with Gasteiger partial charge in [0.2, 0.25) is 0 Å². The summed E-state index contributed by atoms with van der Waals surface area (Å²) < 4.78 is 0.910. The second-order valence-corrected chi connectivity index (χ2v) is 5.35. The van der Waals surface area contributed by atoms with E-state index >= 15 is 0 Å². The average molecular weight is 329 g/mol. The summed E-state index contributed by atoms with van der Waals surface area (Å²) in [6, 6.07) is 10.1. The molecule has 2 aromatic heterocycles. The Bertz CT molecular complexity index is 786. The van der Waals surface area contributed by atoms with Gasteiger partial charge < -0.3 is 11.1 Å². The molecule has 3 N–H and O–H groups in total. The van der Waals surface area contributed by atoms with Crippen LogP contribution in [0, 0.1) is 0 Å². The molecule has 4 nitrogen and oxygen atoms in total. The molecule has 3 aromatic rings. The van der Waals surface area contributed by atoms with E-state index < -0.39 is 0 Å². The van der Waals surface area contributed by atoms with Crippen molar-refractivity contribution in [2.24, 2.45) is 0 Å². The molecular weight excluding hydrogens is 316 g/mol. The van der Waals surface area contributed by atoms with Crippen molar-refractivity contribution in [3.05, 3.63) is 47.2 Å². The quantitative estimate of drug-likeness (QED) is 0.753. The molecule has 0 aliphatic rings. The van der Waals surface area contributed by atoms with E-state index in [1.54, 1.807) is 12.4 Å². The molecule has 0 radical (unpaired) electrons. The van der Waals surface area contributed by atoms with Crippen molar-refractivity contribution in [1.82, 2.24) is 9.97 Å². The van der Waals surface area contributed by atoms with Crippen molar-refractivity contribution in [3.8, 4) is 11.1 Å². The molecule has 0 aliphatic heterocycles. The van der Waals surface area contributed by atoms with Crippen LogP contribution in [0.5, 0.6) is 0 Å². The summed E-state index contributed by atoms with van der Waals surface area (Å²) >= 11 is 3.43. The highest BCUT2D eigenvalue weighted by Crippen LogP contribution is 2.31. The highest BCUT2D eigenvalue weighted by atomic mass is 79.9. The first-order valence-corrected chi connectivity index (χ1v) is 6.96. The molecule has 100 valence electrons. The average Bonchev–Trinajstić information content (AvgIpc) is 2.48. The summed E-state index contributed by atoms with van der Waals surface area (Å²) in [4.78, 5) is 8.48. The number of hydrogen-bond donors (Lipinski definition) is 2. The van der Waals surface area contributed by atoms with Gasteiger partial charge in [-0.05, 0) is 45.1 Å². The molecule has 3 rings (SSSR count). The maximum Gasteiger partial charge on any atom is 0.133 e. The van der Waals surface area contributed by atoms with Crippen LogP contribution in [0.2, 0.25) is 0 Å². The Labute approximate surface area is 125 Å². The van der Waals surface area contributed by atoms with Crippen molar-refractivity contribution in [2.45, 2.75) is 0 Å². The molecule has 2 heterocycles. The number of fused-ring (bicyclic) bond motifs is 1. The van der Waals surface area contributed by atoms with Gasteiger partial charge in [0, 0.05) is 34.9 Å². The lowest BCUT2D eigenvalue weighted by molar-refractivity contribution is 1.31. The standard InChI is InChI=1S/C15H13BrN4/c1-18-15-12-3-2-9(6-10(12)4-5-19-15)13-7-11(16)8-20-14(13)17/h2-8H,1H3,(H2,17,20)(H,18,19). The van der Waals surface area contributed by atoms with Gasteiger partial charge in [0.15, 0.2) is 0 Å². The Balaban J connectivity index is 2.21. The first-order valence-electron chi connectivity index (χ1n) is 6.17. The van der Waals surface area contributed by atoms with Gasteiger partial charge in [-0.15, -0.1) is 0 Å². The second-order valence-electron chi connectivity index (χ2n) is 4.43. The van der Waals surface area contributed by atoms with E-state index in [1.807, 2.05) is 31.3 Å². The van der Waals surface area contributed by atoms with Crippen LogP contribution in [0.1, 0.15) is 0 Å². The number of pyridine rings is 2. The third-order valence-corrected chi connectivity index (χ3v) is 3.63. The highest BCUT2D eigenvalue weighted by molar-refractivity contribution is 9.10. The number of nitrogen functional groups attached to an aromatic ring is 1. The molecule has 5 heteroatoms. The van der Waals surface area contributed by atoms with Crippen molar-refractivity contribution >= 4 is 38.3 Å². The molecule has 0 atom stereocenters. The van der Waals surface area contributed by atoms with Crippen molar-refractivity contribution in [1.29, 1.82) is 0 Å². The third kappa shape index (κ3) is 2.20. The Hall–Kier alpha value is -2.14. The van der Waals surface area contributed by atoms with E-state index in [4.69, 9.17) is 5.73 Å². The van der Waals surface area contributed by atoms with Crippen molar-refractivity contribution in [3.63, 3.8) is 0 Å². The number of benzene rings is 1. The second kappa shape index (κ2) is 5.09. The molecular formula is C15H13BrN4. The Morgan fingerprint density at radius 3 is 2.80 bits per heavy atom. The molecule has 0 unspecified atom stereocenters. The number of rotatable bonds is 2. The number of halogens is 1. The van der Waals surface area contributed by atoms with Gasteiger partial charge in [-0.1, -0.05) is 12.1 Å². The predicted molar refractivity (Wildman–Crippen MR) is 86.6 cm³/mol. The summed E-state index contributed by atoms with van der Waals surface area (Å²) in [6.45, 7) is 0. The van der Waals surface area contributed by atoms with E-state index in [2.05, 4.69) is 37.3 Å². The van der Waals surface area contributed by atoms with E-state index in [0.29, 0.717) is 5.82 Å². The van der Waals surface area contributed by atoms with Crippen LogP contribution in [0.25, 0.3) is 21.9 Å². The number of nitrogens with zero attached hydrogens (tertiary/aromatic N) is 2. The minimum Gasteiger partial charge on any atom is -0.383 e. The van der Waals surface area contributed by atoms with Gasteiger partial charge in [0.25, 0.3) is 0 Å². The fraction of sp³-hybridized carbons (Fsp3) is 0.0667. The van der Waals surface area contributed by atoms with E-state index in [9.17, 15) is 0 Å². The summed E-state index contributed by atoms with van der Waals surface area (Å²) in [6.07, 6.45) is 3.49. The largest absolute Gasteiger partial charge is 0.383 e. The summed E-state index contributed by atoms with van der Waals surface area (Å²) in [5.41, 5.74) is 7.92. The van der Waals surface area contributed by atoms with E-state index in [0.717, 1.165) is 32.2 Å². The lowest BCUT2D eigenvalue weighted by atomic mass is 10.0. The molecule has 0 bridgehead atoms. The fourth-order valence-electron chi connectivity index (χ4n) is 2.23. The zero-order valence-electron chi connectivity index (χ0n) is 10.9. The minimum atomic E-state index is 0.524. The van der Waals surface area contributed by atoms with Gasteiger partial charge in [-0.3, -0.25) is 0 Å². The van der Waals surface area contributed by atoms with Gasteiger partial charge in [0.05, 0.1) is 0 Å². The SMILES string of the molecule is CNc1nccc2cc(-c3cc(Br)cnc3N)ccc12. The highest BCUT2D eigenvalue weighted by Gasteiger charge is 2.07. The molecule has 0 fully saturated rings. The van der Waals surface area contributed by atoms with Crippen LogP contribution in [-0.4, -0.2) is 17.0 Å². The molecule has 0 saturated carbocycles. The molecule has 20 heavy (non-hydrogen) atoms. The van der Waals surface area contributed by atoms with Gasteiger partial charge in [0.1, 0.15) is 11.6 Å². The normalized spacial score (nSPS) is 10.7. The lowest BCUT2D eigenvalue weighted by Crippen LogP contribution is -1.95. The zero-order chi connectivity index (χ0) is 14.1. The van der Waals surface area contributed by atoms with Crippen LogP contribution >= 0.6 is 15.9 Å². The molecule has 0 spiro atoms. The molecule has 0 aliphatic carbocycles. The maximum atomic E-state index is 5.96. The smallest absolute Gasteiger partial charge is 0.133 e. The van der Waals surface area contributed by atoms with E-state index in [1.165, 1.54) is 0 Å². The number of aromatic nitrogens is 2. The first kappa shape index (κ1) is 12.9. The predicted octanol–water partition coefficient (Wildman–Crippen LogP) is 3.68. The summed E-state index contributed by atoms with van der Waals surface area (Å²) in [5, 5.41) is 5.29. The van der Waals surface area contributed by atoms with Crippen LogP contribution in [-0.2, 0) is 0 Å². The Kier molecular flexibility index (Phi) is 3.28. The third-order valence-electron chi connectivity index (χ3n) is 3.20. The van der Waals surface area contributed by atoms with Crippen LogP contribution in [0.3, 0.4) is 0 Å². The maximum absolute atomic E-state index is 5.96. The molecule has 0 amide bonds. The van der Waals surface area contributed by atoms with Gasteiger partial charge in [-0.25, -0.2) is 9.97 Å². The number of nitrogens with one attached hydrogen (secondary N) is 1. The van der Waals surface area contributed by atoms with Crippen molar-refractivity contribution in [2.75, 3.05) is 18.1 Å². The molecule has 1 aromatic carbocycles. The van der Waals surface area contributed by atoms with Gasteiger partial charge in [-0.2, -0.15) is 0 Å². The number of hydrogen-bond acceptors (Lipinski definition) is 4. The Morgan fingerprint density at radius 2 is 2.00 bits per heavy atom. The number of anilines is 2. The van der Waals surface area contributed by atoms with Gasteiger partial charge >= 0.3 is 0 Å². The molecule has 0 saturated heterocycles. The lowest BCUT2D eigenvalue weighted by Gasteiger charge is -2.09. The zero-order valence-corrected chi connectivity index (χ0v) is 12.5. The monoisotopic (exact) mass is 328 g/mol. The summed E-state index contributed by atoms with van der Waals surface area (Å²) in [5.74, 6) is 1.39. The minimum absolute atomic E-state index is 0.524. The van der Waals surface area contributed by atoms with Crippen molar-refractivity contribution < 1.29 is 0 Å². The number of nitrogens with two attached hydrogens (primary N) is 1. The van der Waals surface area contributed by atoms with Crippen LogP contribution in [0.15, 0.2) is 47.2 Å². The van der Waals surface area contributed by atoms with Crippen LogP contribution < -0.4 is 11.1 Å². The van der Waals surface area contributed by atoms with Crippen LogP contribution in [0.4, 0.5) is 11.6 Å². The summed E-state index contributed by atoms with van der Waals surface area (Å²) in [7, 11) is 1.87. The first-order chi connectivity index (χ1) is 9.69. The fourth-order valence-corrected chi connectivity index (χ4v) is 2.56. The Morgan fingerprint density at radius 1 is 1.15 bits per heavy atom.